The van der Waals surface area contributed by atoms with E-state index in [1.807, 2.05) is 41.3 Å². The lowest BCUT2D eigenvalue weighted by atomic mass is 10.1. The van der Waals surface area contributed by atoms with Crippen molar-refractivity contribution in [1.82, 2.24) is 25.2 Å². The van der Waals surface area contributed by atoms with Crippen LogP contribution in [0.1, 0.15) is 27.9 Å². The number of carbonyl (C=O) groups is 1. The molecule has 9 nitrogen and oxygen atoms in total. The number of aryl methyl sites for hydroxylation is 2. The maximum absolute atomic E-state index is 13.1. The van der Waals surface area contributed by atoms with Crippen LogP contribution in [0.25, 0.3) is 16.7 Å². The molecular weight excluding hydrogens is 456 g/mol. The minimum absolute atomic E-state index is 0.0999. The second kappa shape index (κ2) is 9.18. The molecule has 3 heterocycles. The number of para-hydroxylation sites is 1. The maximum atomic E-state index is 13.1. The number of pyridine rings is 1. The fourth-order valence-corrected chi connectivity index (χ4v) is 5.12. The SMILES string of the molecule is O=C(O)c1cn(-c2ccc3c(c2)CCC3)c2nc(N(c3ccccc3)C3CNCCN3)ncc2c1=O. The van der Waals surface area contributed by atoms with Crippen LogP contribution in [0.3, 0.4) is 0 Å². The zero-order valence-corrected chi connectivity index (χ0v) is 19.6. The van der Waals surface area contributed by atoms with Gasteiger partial charge in [0.2, 0.25) is 11.4 Å². The van der Waals surface area contributed by atoms with E-state index >= 15 is 0 Å². The number of fused-ring (bicyclic) bond motifs is 2. The van der Waals surface area contributed by atoms with Crippen molar-refractivity contribution in [3.8, 4) is 5.69 Å². The molecule has 182 valence electrons. The summed E-state index contributed by atoms with van der Waals surface area (Å²) in [5, 5.41) is 16.8. The van der Waals surface area contributed by atoms with Crippen LogP contribution in [-0.4, -0.2) is 51.4 Å². The Labute approximate surface area is 207 Å². The monoisotopic (exact) mass is 482 g/mol. The standard InChI is InChI=1S/C27H26N6O3/c34-24-21-14-30-27(33(19-7-2-1-3-8-19)23-15-28-11-12-29-23)31-25(21)32(16-22(24)26(35)36)20-10-9-17-5-4-6-18(17)13-20/h1-3,7-10,13-14,16,23,28-29H,4-6,11-12,15H2,(H,35,36). The number of nitrogens with zero attached hydrogens (tertiary/aromatic N) is 4. The first-order valence-corrected chi connectivity index (χ1v) is 12.2. The molecule has 3 N–H and O–H groups in total. The predicted octanol–water partition coefficient (Wildman–Crippen LogP) is 2.62. The molecule has 0 radical (unpaired) electrons. The number of benzene rings is 2. The Balaban J connectivity index is 1.57. The van der Waals surface area contributed by atoms with Gasteiger partial charge in [0, 0.05) is 43.4 Å². The third kappa shape index (κ3) is 3.92. The molecule has 0 bridgehead atoms. The lowest BCUT2D eigenvalue weighted by Crippen LogP contribution is -2.56. The van der Waals surface area contributed by atoms with Crippen molar-refractivity contribution >= 4 is 28.6 Å². The zero-order valence-electron chi connectivity index (χ0n) is 19.6. The number of nitrogens with one attached hydrogen (secondary N) is 2. The number of rotatable bonds is 5. The van der Waals surface area contributed by atoms with Gasteiger partial charge in [0.15, 0.2) is 5.65 Å². The van der Waals surface area contributed by atoms with Gasteiger partial charge in [0.1, 0.15) is 11.7 Å². The van der Waals surface area contributed by atoms with Crippen LogP contribution in [0, 0.1) is 0 Å². The van der Waals surface area contributed by atoms with E-state index in [4.69, 9.17) is 4.98 Å². The Kier molecular flexibility index (Phi) is 5.71. The smallest absolute Gasteiger partial charge is 0.341 e. The predicted molar refractivity (Wildman–Crippen MR) is 137 cm³/mol. The topological polar surface area (TPSA) is 112 Å². The second-order valence-corrected chi connectivity index (χ2v) is 9.14. The van der Waals surface area contributed by atoms with Crippen molar-refractivity contribution in [2.45, 2.75) is 25.4 Å². The summed E-state index contributed by atoms with van der Waals surface area (Å²) in [6, 6.07) is 16.0. The highest BCUT2D eigenvalue weighted by Crippen LogP contribution is 2.28. The lowest BCUT2D eigenvalue weighted by Gasteiger charge is -2.35. The van der Waals surface area contributed by atoms with Crippen LogP contribution < -0.4 is 21.0 Å². The first-order chi connectivity index (χ1) is 17.6. The molecule has 9 heteroatoms. The van der Waals surface area contributed by atoms with Gasteiger partial charge in [-0.1, -0.05) is 24.3 Å². The van der Waals surface area contributed by atoms with Crippen LogP contribution in [-0.2, 0) is 12.8 Å². The van der Waals surface area contributed by atoms with Crippen molar-refractivity contribution < 1.29 is 9.90 Å². The zero-order chi connectivity index (χ0) is 24.6. The first kappa shape index (κ1) is 22.4. The summed E-state index contributed by atoms with van der Waals surface area (Å²) in [5.74, 6) is -0.850. The summed E-state index contributed by atoms with van der Waals surface area (Å²) in [6.07, 6.45) is 5.86. The normalized spacial score (nSPS) is 17.2. The Morgan fingerprint density at radius 2 is 1.92 bits per heavy atom. The quantitative estimate of drug-likeness (QED) is 0.398. The Morgan fingerprint density at radius 1 is 1.08 bits per heavy atom. The van der Waals surface area contributed by atoms with Crippen LogP contribution >= 0.6 is 0 Å². The van der Waals surface area contributed by atoms with E-state index in [0.717, 1.165) is 43.7 Å². The van der Waals surface area contributed by atoms with Gasteiger partial charge in [-0.2, -0.15) is 4.98 Å². The highest BCUT2D eigenvalue weighted by Gasteiger charge is 2.26. The molecule has 1 saturated heterocycles. The fourth-order valence-electron chi connectivity index (χ4n) is 5.12. The van der Waals surface area contributed by atoms with E-state index in [0.29, 0.717) is 18.1 Å². The number of carboxylic acid groups (broad SMARTS) is 1. The summed E-state index contributed by atoms with van der Waals surface area (Å²) < 4.78 is 1.71. The highest BCUT2D eigenvalue weighted by molar-refractivity contribution is 5.92. The van der Waals surface area contributed by atoms with Gasteiger partial charge in [-0.25, -0.2) is 9.78 Å². The van der Waals surface area contributed by atoms with Crippen LogP contribution in [0.15, 0.2) is 65.7 Å². The molecule has 0 saturated carbocycles. The Morgan fingerprint density at radius 3 is 2.69 bits per heavy atom. The molecule has 2 aliphatic rings. The molecule has 0 amide bonds. The minimum Gasteiger partial charge on any atom is -0.477 e. The van der Waals surface area contributed by atoms with Crippen molar-refractivity contribution in [2.24, 2.45) is 0 Å². The number of aromatic carboxylic acids is 1. The van der Waals surface area contributed by atoms with Crippen LogP contribution in [0.5, 0.6) is 0 Å². The van der Waals surface area contributed by atoms with Gasteiger partial charge in [0.05, 0.1) is 5.39 Å². The summed E-state index contributed by atoms with van der Waals surface area (Å²) >= 11 is 0. The molecule has 4 aromatic rings. The number of hydrogen-bond acceptors (Lipinski definition) is 7. The van der Waals surface area contributed by atoms with Crippen molar-refractivity contribution in [3.63, 3.8) is 0 Å². The molecule has 2 aromatic carbocycles. The average molecular weight is 483 g/mol. The van der Waals surface area contributed by atoms with E-state index in [1.165, 1.54) is 23.5 Å². The summed E-state index contributed by atoms with van der Waals surface area (Å²) in [4.78, 5) is 36.4. The van der Waals surface area contributed by atoms with Crippen LogP contribution in [0.4, 0.5) is 11.6 Å². The lowest BCUT2D eigenvalue weighted by molar-refractivity contribution is 0.0695. The van der Waals surface area contributed by atoms with E-state index < -0.39 is 11.4 Å². The van der Waals surface area contributed by atoms with E-state index in [9.17, 15) is 14.7 Å². The molecule has 1 aliphatic carbocycles. The number of piperazine rings is 1. The molecule has 1 aliphatic heterocycles. The highest BCUT2D eigenvalue weighted by atomic mass is 16.4. The molecule has 36 heavy (non-hydrogen) atoms. The van der Waals surface area contributed by atoms with Gasteiger partial charge in [-0.05, 0) is 54.7 Å². The molecule has 1 unspecified atom stereocenters. The molecule has 0 spiro atoms. The second-order valence-electron chi connectivity index (χ2n) is 9.14. The van der Waals surface area contributed by atoms with Gasteiger partial charge in [-0.15, -0.1) is 0 Å². The fraction of sp³-hybridized carbons (Fsp3) is 0.259. The maximum Gasteiger partial charge on any atom is 0.341 e. The molecule has 2 aromatic heterocycles. The van der Waals surface area contributed by atoms with Gasteiger partial charge in [-0.3, -0.25) is 15.0 Å². The molecule has 1 fully saturated rings. The summed E-state index contributed by atoms with van der Waals surface area (Å²) in [7, 11) is 0. The van der Waals surface area contributed by atoms with Crippen molar-refractivity contribution in [3.05, 3.63) is 87.8 Å². The number of aromatic nitrogens is 3. The number of anilines is 2. The molecule has 6 rings (SSSR count). The summed E-state index contributed by atoms with van der Waals surface area (Å²) in [6.45, 7) is 2.35. The molecular formula is C27H26N6O3. The largest absolute Gasteiger partial charge is 0.477 e. The minimum atomic E-state index is -1.27. The van der Waals surface area contributed by atoms with Crippen LogP contribution in [0.2, 0.25) is 0 Å². The van der Waals surface area contributed by atoms with Gasteiger partial charge >= 0.3 is 5.97 Å². The summed E-state index contributed by atoms with van der Waals surface area (Å²) in [5.41, 5.74) is 3.71. The number of hydrogen-bond donors (Lipinski definition) is 3. The van der Waals surface area contributed by atoms with Gasteiger partial charge in [0.25, 0.3) is 0 Å². The van der Waals surface area contributed by atoms with E-state index in [-0.39, 0.29) is 17.1 Å². The Hall–Kier alpha value is -4.08. The third-order valence-corrected chi connectivity index (χ3v) is 6.90. The third-order valence-electron chi connectivity index (χ3n) is 6.90. The van der Waals surface area contributed by atoms with E-state index in [1.54, 1.807) is 4.57 Å². The molecule has 1 atom stereocenters. The van der Waals surface area contributed by atoms with Crippen molar-refractivity contribution in [1.29, 1.82) is 0 Å². The average Bonchev–Trinajstić information content (AvgIpc) is 3.38. The van der Waals surface area contributed by atoms with E-state index in [2.05, 4.69) is 27.8 Å². The first-order valence-electron chi connectivity index (χ1n) is 12.2. The Bertz CT molecular complexity index is 1510. The van der Waals surface area contributed by atoms with Crippen molar-refractivity contribution in [2.75, 3.05) is 24.5 Å². The van der Waals surface area contributed by atoms with Gasteiger partial charge < -0.3 is 15.0 Å². The number of carboxylic acids is 1.